The molecular formula is C27H36N4O5S. The van der Waals surface area contributed by atoms with Crippen LogP contribution in [0.2, 0.25) is 0 Å². The monoisotopic (exact) mass is 528 g/mol. The van der Waals surface area contributed by atoms with E-state index < -0.39 is 16.1 Å². The zero-order valence-corrected chi connectivity index (χ0v) is 22.2. The third-order valence-corrected chi connectivity index (χ3v) is 9.32. The van der Waals surface area contributed by atoms with Crippen molar-refractivity contribution in [3.8, 4) is 5.75 Å². The van der Waals surface area contributed by atoms with Crippen LogP contribution in [0.1, 0.15) is 38.5 Å². The number of carbonyl (C=O) groups excluding carboxylic acids is 2. The van der Waals surface area contributed by atoms with Crippen molar-refractivity contribution in [3.63, 3.8) is 0 Å². The summed E-state index contributed by atoms with van der Waals surface area (Å²) in [6.07, 6.45) is 5.46. The maximum Gasteiger partial charge on any atom is 0.242 e. The van der Waals surface area contributed by atoms with E-state index in [4.69, 9.17) is 4.74 Å². The number of carbonyl (C=O) groups is 2. The third-order valence-electron chi connectivity index (χ3n) is 7.85. The van der Waals surface area contributed by atoms with Gasteiger partial charge in [-0.15, -0.1) is 0 Å². The minimum absolute atomic E-state index is 0.00330. The lowest BCUT2D eigenvalue weighted by atomic mass is 10.1. The van der Waals surface area contributed by atoms with Crippen molar-refractivity contribution in [2.24, 2.45) is 0 Å². The highest BCUT2D eigenvalue weighted by Gasteiger charge is 2.36. The fourth-order valence-corrected chi connectivity index (χ4v) is 7.09. The Bertz CT molecular complexity index is 1260. The summed E-state index contributed by atoms with van der Waals surface area (Å²) in [5, 5.41) is 1.63. The molecule has 2 amide bonds. The first-order valence-corrected chi connectivity index (χ1v) is 14.7. The molecule has 3 fully saturated rings. The van der Waals surface area contributed by atoms with Gasteiger partial charge in [-0.05, 0) is 86.7 Å². The zero-order chi connectivity index (χ0) is 26.0. The SMILES string of the molecule is COc1ccc2ccc(S(=O)(=O)N[C@H]3CCCN(CC(=O)N4CCC[C@H]4CN4CCCC4)C3=O)cc2c1. The van der Waals surface area contributed by atoms with Gasteiger partial charge in [0.2, 0.25) is 21.8 Å². The number of methoxy groups -OCH3 is 1. The molecule has 5 rings (SSSR count). The second-order valence-corrected chi connectivity index (χ2v) is 12.1. The number of likely N-dealkylation sites (tertiary alicyclic amines) is 3. The van der Waals surface area contributed by atoms with Gasteiger partial charge in [0.25, 0.3) is 0 Å². The maximum atomic E-state index is 13.2. The number of rotatable bonds is 8. The predicted octanol–water partition coefficient (Wildman–Crippen LogP) is 2.20. The van der Waals surface area contributed by atoms with Gasteiger partial charge in [0.05, 0.1) is 18.6 Å². The number of ether oxygens (including phenoxy) is 1. The molecule has 0 unspecified atom stereocenters. The highest BCUT2D eigenvalue weighted by molar-refractivity contribution is 7.89. The van der Waals surface area contributed by atoms with Crippen LogP contribution >= 0.6 is 0 Å². The molecule has 0 aromatic heterocycles. The summed E-state index contributed by atoms with van der Waals surface area (Å²) in [6.45, 7) is 4.28. The molecule has 9 nitrogen and oxygen atoms in total. The van der Waals surface area contributed by atoms with Crippen LogP contribution in [0.15, 0.2) is 41.3 Å². The molecule has 0 saturated carbocycles. The molecule has 0 spiro atoms. The molecular weight excluding hydrogens is 492 g/mol. The average molecular weight is 529 g/mol. The number of nitrogens with zero attached hydrogens (tertiary/aromatic N) is 3. The molecule has 0 radical (unpaired) electrons. The van der Waals surface area contributed by atoms with Gasteiger partial charge < -0.3 is 19.4 Å². The molecule has 0 bridgehead atoms. The van der Waals surface area contributed by atoms with E-state index in [0.29, 0.717) is 25.1 Å². The molecule has 3 aliphatic rings. The molecule has 3 saturated heterocycles. The van der Waals surface area contributed by atoms with Gasteiger partial charge >= 0.3 is 0 Å². The van der Waals surface area contributed by atoms with Crippen molar-refractivity contribution in [2.75, 3.05) is 46.4 Å². The predicted molar refractivity (Wildman–Crippen MR) is 141 cm³/mol. The molecule has 37 heavy (non-hydrogen) atoms. The van der Waals surface area contributed by atoms with Crippen LogP contribution in [0, 0.1) is 0 Å². The van der Waals surface area contributed by atoms with Crippen LogP contribution in [0.4, 0.5) is 0 Å². The normalized spacial score (nSPS) is 23.2. The Labute approximate surface area is 218 Å². The lowest BCUT2D eigenvalue weighted by Crippen LogP contribution is -2.55. The Morgan fingerprint density at radius 1 is 0.973 bits per heavy atom. The molecule has 3 aliphatic heterocycles. The van der Waals surface area contributed by atoms with Crippen LogP contribution in [0.3, 0.4) is 0 Å². The first-order valence-electron chi connectivity index (χ1n) is 13.2. The summed E-state index contributed by atoms with van der Waals surface area (Å²) >= 11 is 0. The molecule has 1 N–H and O–H groups in total. The van der Waals surface area contributed by atoms with Crippen LogP contribution in [0.25, 0.3) is 10.8 Å². The number of nitrogens with one attached hydrogen (secondary N) is 1. The summed E-state index contributed by atoms with van der Waals surface area (Å²) < 4.78 is 34.3. The van der Waals surface area contributed by atoms with Crippen LogP contribution in [0.5, 0.6) is 5.75 Å². The van der Waals surface area contributed by atoms with Crippen LogP contribution < -0.4 is 9.46 Å². The number of amides is 2. The van der Waals surface area contributed by atoms with Gasteiger partial charge in [0, 0.05) is 25.7 Å². The Kier molecular flexibility index (Phi) is 7.69. The smallest absolute Gasteiger partial charge is 0.242 e. The van der Waals surface area contributed by atoms with Crippen molar-refractivity contribution < 1.29 is 22.7 Å². The first kappa shape index (κ1) is 25.9. The van der Waals surface area contributed by atoms with Crippen LogP contribution in [-0.2, 0) is 19.6 Å². The van der Waals surface area contributed by atoms with E-state index in [-0.39, 0.29) is 29.3 Å². The number of hydrogen-bond donors (Lipinski definition) is 1. The number of piperidine rings is 1. The van der Waals surface area contributed by atoms with Gasteiger partial charge in [-0.25, -0.2) is 8.42 Å². The lowest BCUT2D eigenvalue weighted by molar-refractivity contribution is -0.143. The zero-order valence-electron chi connectivity index (χ0n) is 21.4. The van der Waals surface area contributed by atoms with Crippen molar-refractivity contribution in [1.82, 2.24) is 19.4 Å². The van der Waals surface area contributed by atoms with E-state index in [1.54, 1.807) is 31.4 Å². The molecule has 200 valence electrons. The lowest BCUT2D eigenvalue weighted by Gasteiger charge is -2.34. The Hall–Kier alpha value is -2.69. The summed E-state index contributed by atoms with van der Waals surface area (Å²) in [4.78, 5) is 32.4. The molecule has 10 heteroatoms. The summed E-state index contributed by atoms with van der Waals surface area (Å²) in [5.41, 5.74) is 0. The van der Waals surface area contributed by atoms with E-state index in [1.807, 2.05) is 17.0 Å². The van der Waals surface area contributed by atoms with Gasteiger partial charge in [-0.2, -0.15) is 4.72 Å². The van der Waals surface area contributed by atoms with E-state index in [2.05, 4.69) is 9.62 Å². The van der Waals surface area contributed by atoms with Gasteiger partial charge in [0.1, 0.15) is 11.8 Å². The average Bonchev–Trinajstić information content (AvgIpc) is 3.58. The number of sulfonamides is 1. The summed E-state index contributed by atoms with van der Waals surface area (Å²) in [5.74, 6) is 0.265. The fourth-order valence-electron chi connectivity index (χ4n) is 5.83. The fraction of sp³-hybridized carbons (Fsp3) is 0.556. The highest BCUT2D eigenvalue weighted by Crippen LogP contribution is 2.25. The molecule has 2 atom stereocenters. The summed E-state index contributed by atoms with van der Waals surface area (Å²) in [6, 6.07) is 9.66. The second kappa shape index (κ2) is 11.0. The van der Waals surface area contributed by atoms with Crippen molar-refractivity contribution in [1.29, 1.82) is 0 Å². The van der Waals surface area contributed by atoms with Crippen molar-refractivity contribution >= 4 is 32.6 Å². The van der Waals surface area contributed by atoms with E-state index in [9.17, 15) is 18.0 Å². The second-order valence-electron chi connectivity index (χ2n) is 10.3. The van der Waals surface area contributed by atoms with Gasteiger partial charge in [-0.3, -0.25) is 9.59 Å². The largest absolute Gasteiger partial charge is 0.497 e. The third kappa shape index (κ3) is 5.76. The molecule has 2 aromatic rings. The van der Waals surface area contributed by atoms with E-state index in [1.165, 1.54) is 17.7 Å². The Balaban J connectivity index is 1.24. The minimum Gasteiger partial charge on any atom is -0.497 e. The molecule has 2 aromatic carbocycles. The maximum absolute atomic E-state index is 13.2. The minimum atomic E-state index is -3.93. The van der Waals surface area contributed by atoms with Crippen molar-refractivity contribution in [3.05, 3.63) is 36.4 Å². The Morgan fingerprint density at radius 2 is 1.73 bits per heavy atom. The van der Waals surface area contributed by atoms with Crippen LogP contribution in [-0.4, -0.2) is 93.4 Å². The molecule has 3 heterocycles. The highest BCUT2D eigenvalue weighted by atomic mass is 32.2. The van der Waals surface area contributed by atoms with Crippen molar-refractivity contribution in [2.45, 2.75) is 55.5 Å². The van der Waals surface area contributed by atoms with Gasteiger partial charge in [0.15, 0.2) is 0 Å². The first-order chi connectivity index (χ1) is 17.8. The topological polar surface area (TPSA) is 99.3 Å². The molecule has 0 aliphatic carbocycles. The van der Waals surface area contributed by atoms with E-state index in [0.717, 1.165) is 49.8 Å². The quantitative estimate of drug-likeness (QED) is 0.564. The van der Waals surface area contributed by atoms with Gasteiger partial charge in [-0.1, -0.05) is 12.1 Å². The number of hydrogen-bond acceptors (Lipinski definition) is 6. The summed E-state index contributed by atoms with van der Waals surface area (Å²) in [7, 11) is -2.37. The standard InChI is InChI=1S/C27H36N4O5S/c1-36-23-10-8-20-9-11-24(17-21(20)16-23)37(34,35)28-25-7-5-14-30(27(25)33)19-26(32)31-15-4-6-22(31)18-29-12-2-3-13-29/h8-11,16-17,22,25,28H,2-7,12-15,18-19H2,1H3/t22-,25-/m0/s1. The Morgan fingerprint density at radius 3 is 2.51 bits per heavy atom. The number of fused-ring (bicyclic) bond motifs is 1. The van der Waals surface area contributed by atoms with E-state index >= 15 is 0 Å². The number of benzene rings is 2.